The Morgan fingerprint density at radius 1 is 0.655 bits per heavy atom. The average Bonchev–Trinajstić information content (AvgIpc) is 3.19. The summed E-state index contributed by atoms with van der Waals surface area (Å²) in [6.45, 7) is 3.92. The first kappa shape index (κ1) is 54.3. The van der Waals surface area contributed by atoms with Crippen LogP contribution in [0.4, 0.5) is 0 Å². The number of aliphatic hydroxyl groups excluding tert-OH is 3. The fourth-order valence-corrected chi connectivity index (χ4v) is 7.26. The lowest BCUT2D eigenvalue weighted by molar-refractivity contribution is -0.301. The van der Waals surface area contributed by atoms with Crippen LogP contribution in [0.3, 0.4) is 0 Å². The highest BCUT2D eigenvalue weighted by Gasteiger charge is 2.48. The average molecular weight is 847 g/mol. The van der Waals surface area contributed by atoms with Crippen molar-refractivity contribution < 1.29 is 56.2 Å². The van der Waals surface area contributed by atoms with Gasteiger partial charge >= 0.3 is 16.4 Å². The summed E-state index contributed by atoms with van der Waals surface area (Å²) in [5.41, 5.74) is 0. The van der Waals surface area contributed by atoms with Crippen molar-refractivity contribution in [1.29, 1.82) is 0 Å². The summed E-state index contributed by atoms with van der Waals surface area (Å²) in [6.07, 6.45) is 33.2. The summed E-state index contributed by atoms with van der Waals surface area (Å²) < 4.78 is 59.0. The molecule has 0 radical (unpaired) electrons. The minimum absolute atomic E-state index is 0.0291. The van der Waals surface area contributed by atoms with Gasteiger partial charge in [-0.05, 0) is 70.6 Å². The fourth-order valence-electron chi connectivity index (χ4n) is 6.76. The van der Waals surface area contributed by atoms with Gasteiger partial charge in [0.2, 0.25) is 0 Å². The molecule has 58 heavy (non-hydrogen) atoms. The molecule has 0 aliphatic carbocycles. The third-order valence-electron chi connectivity index (χ3n) is 10.2. The van der Waals surface area contributed by atoms with E-state index in [9.17, 15) is 28.5 Å². The van der Waals surface area contributed by atoms with E-state index >= 15 is 0 Å². The van der Waals surface area contributed by atoms with E-state index in [0.717, 1.165) is 70.6 Å². The van der Waals surface area contributed by atoms with Gasteiger partial charge in [0, 0.05) is 13.0 Å². The molecule has 6 unspecified atom stereocenters. The largest absolute Gasteiger partial charge is 0.457 e. The predicted molar refractivity (Wildman–Crippen MR) is 230 cm³/mol. The van der Waals surface area contributed by atoms with Crippen molar-refractivity contribution in [3.05, 3.63) is 36.5 Å². The minimum atomic E-state index is -5.06. The molecule has 340 valence electrons. The molecule has 13 heteroatoms. The lowest BCUT2D eigenvalue weighted by atomic mass is 9.99. The van der Waals surface area contributed by atoms with Crippen LogP contribution in [0, 0.1) is 0 Å². The molecule has 1 heterocycles. The van der Waals surface area contributed by atoms with Gasteiger partial charge in [0.05, 0.1) is 19.8 Å². The molecule has 1 saturated heterocycles. The Bertz CT molecular complexity index is 1160. The summed E-state index contributed by atoms with van der Waals surface area (Å²) in [7, 11) is -5.06. The van der Waals surface area contributed by atoms with Crippen molar-refractivity contribution in [2.24, 2.45) is 0 Å². The van der Waals surface area contributed by atoms with Gasteiger partial charge in [-0.15, -0.1) is 0 Å². The number of carbonyl (C=O) groups is 1. The number of unbranched alkanes of at least 4 members (excludes halogenated alkanes) is 20. The third-order valence-corrected chi connectivity index (χ3v) is 10.7. The molecule has 6 atom stereocenters. The Morgan fingerprint density at radius 3 is 1.69 bits per heavy atom. The van der Waals surface area contributed by atoms with E-state index in [4.69, 9.17) is 23.5 Å². The summed E-state index contributed by atoms with van der Waals surface area (Å²) in [4.78, 5) is 12.8. The quantitative estimate of drug-likeness (QED) is 0.0200. The minimum Gasteiger partial charge on any atom is -0.457 e. The van der Waals surface area contributed by atoms with Gasteiger partial charge in [0.15, 0.2) is 6.29 Å². The van der Waals surface area contributed by atoms with Crippen LogP contribution in [0.2, 0.25) is 0 Å². The summed E-state index contributed by atoms with van der Waals surface area (Å²) in [5.74, 6) is -0.412. The summed E-state index contributed by atoms with van der Waals surface area (Å²) in [5, 5.41) is 30.6. The van der Waals surface area contributed by atoms with Crippen LogP contribution in [0.25, 0.3) is 0 Å². The van der Waals surface area contributed by atoms with E-state index in [0.29, 0.717) is 13.0 Å². The van der Waals surface area contributed by atoms with Crippen molar-refractivity contribution in [1.82, 2.24) is 0 Å². The molecule has 1 rings (SSSR count). The van der Waals surface area contributed by atoms with Crippen molar-refractivity contribution in [3.63, 3.8) is 0 Å². The zero-order valence-corrected chi connectivity index (χ0v) is 36.9. The topological polar surface area (TPSA) is 178 Å². The van der Waals surface area contributed by atoms with Crippen molar-refractivity contribution >= 4 is 16.4 Å². The smallest absolute Gasteiger partial charge is 0.397 e. The van der Waals surface area contributed by atoms with E-state index < -0.39 is 59.8 Å². The van der Waals surface area contributed by atoms with Crippen molar-refractivity contribution in [3.8, 4) is 0 Å². The molecule has 1 fully saturated rings. The van der Waals surface area contributed by atoms with Gasteiger partial charge in [-0.25, -0.2) is 4.18 Å². The van der Waals surface area contributed by atoms with Crippen LogP contribution in [0.5, 0.6) is 0 Å². The molecule has 0 aromatic heterocycles. The first-order valence-corrected chi connectivity index (χ1v) is 24.1. The monoisotopic (exact) mass is 847 g/mol. The zero-order chi connectivity index (χ0) is 42.5. The molecule has 12 nitrogen and oxygen atoms in total. The Balaban J connectivity index is 2.41. The molecule has 0 spiro atoms. The molecule has 0 saturated carbocycles. The van der Waals surface area contributed by atoms with Crippen LogP contribution >= 0.6 is 0 Å². The number of rotatable bonds is 39. The van der Waals surface area contributed by atoms with Crippen molar-refractivity contribution in [2.45, 2.75) is 218 Å². The lowest BCUT2D eigenvalue weighted by Crippen LogP contribution is -2.60. The van der Waals surface area contributed by atoms with Gasteiger partial charge in [0.1, 0.15) is 30.5 Å². The molecular weight excluding hydrogens is 765 g/mol. The third kappa shape index (κ3) is 30.4. The van der Waals surface area contributed by atoms with Gasteiger partial charge in [-0.3, -0.25) is 9.35 Å². The Morgan fingerprint density at radius 2 is 1.14 bits per heavy atom. The molecule has 1 aliphatic heterocycles. The maximum absolute atomic E-state index is 12.8. The second kappa shape index (κ2) is 37.1. The first-order chi connectivity index (χ1) is 28.1. The number of esters is 1. The van der Waals surface area contributed by atoms with E-state index in [1.807, 2.05) is 0 Å². The highest BCUT2D eigenvalue weighted by atomic mass is 32.3. The molecule has 0 aromatic carbocycles. The number of allylic oxidation sites excluding steroid dienone is 6. The van der Waals surface area contributed by atoms with E-state index in [2.05, 4.69) is 54.5 Å². The maximum atomic E-state index is 12.8. The number of ether oxygens (including phenoxy) is 4. The molecule has 1 aliphatic rings. The Kier molecular flexibility index (Phi) is 34.8. The van der Waals surface area contributed by atoms with Gasteiger partial charge in [-0.1, -0.05) is 140 Å². The van der Waals surface area contributed by atoms with Crippen LogP contribution in [0.1, 0.15) is 181 Å². The summed E-state index contributed by atoms with van der Waals surface area (Å²) >= 11 is 0. The zero-order valence-electron chi connectivity index (χ0n) is 36.1. The highest BCUT2D eigenvalue weighted by molar-refractivity contribution is 7.80. The van der Waals surface area contributed by atoms with E-state index in [1.165, 1.54) is 83.5 Å². The SMILES string of the molecule is CCCCC/C=C\CCCCCCCC(=O)OC(COCCCCCCCCCC/C=C\C/C=C\CCCCCC)COC1OC(CO)C(O)C(OS(=O)(=O)O)C1O. The van der Waals surface area contributed by atoms with E-state index in [-0.39, 0.29) is 19.6 Å². The predicted octanol–water partition coefficient (Wildman–Crippen LogP) is 9.41. The van der Waals surface area contributed by atoms with Crippen LogP contribution in [-0.2, 0) is 38.3 Å². The van der Waals surface area contributed by atoms with Crippen LogP contribution in [-0.4, -0.2) is 97.5 Å². The molecule has 4 N–H and O–H groups in total. The number of hydrogen-bond acceptors (Lipinski definition) is 11. The number of carbonyl (C=O) groups excluding carboxylic acids is 1. The Hall–Kier alpha value is -1.68. The molecular formula is C45H82O12S. The second-order valence-electron chi connectivity index (χ2n) is 15.6. The lowest BCUT2D eigenvalue weighted by Gasteiger charge is -2.41. The number of hydrogen-bond donors (Lipinski definition) is 4. The summed E-state index contributed by atoms with van der Waals surface area (Å²) in [6, 6.07) is 0. The van der Waals surface area contributed by atoms with Gasteiger partial charge in [-0.2, -0.15) is 8.42 Å². The van der Waals surface area contributed by atoms with E-state index in [1.54, 1.807) is 0 Å². The van der Waals surface area contributed by atoms with Crippen LogP contribution in [0.15, 0.2) is 36.5 Å². The molecule has 0 amide bonds. The second-order valence-corrected chi connectivity index (χ2v) is 16.7. The normalized spacial score (nSPS) is 20.8. The van der Waals surface area contributed by atoms with Gasteiger partial charge < -0.3 is 34.3 Å². The fraction of sp³-hybridized carbons (Fsp3) is 0.844. The van der Waals surface area contributed by atoms with Crippen molar-refractivity contribution in [2.75, 3.05) is 26.4 Å². The Labute approximate surface area is 352 Å². The molecule has 0 bridgehead atoms. The maximum Gasteiger partial charge on any atom is 0.397 e. The standard InChI is InChI=1S/C45H82O12S/c1-3-5-7-9-11-13-15-17-18-19-20-21-22-23-25-27-29-31-33-35-53-37-39(55-41(47)34-32-30-28-26-24-16-14-12-10-8-6-4-2)38-54-45-43(49)44(57-58(50,51)52)42(48)40(36-46)56-45/h12-15,18-19,39-40,42-46,48-49H,3-11,16-17,20-38H2,1-2H3,(H,50,51,52)/b14-12-,15-13-,19-18-. The molecule has 0 aromatic rings. The number of aliphatic hydroxyl groups is 3. The van der Waals surface area contributed by atoms with Crippen LogP contribution < -0.4 is 0 Å². The first-order valence-electron chi connectivity index (χ1n) is 22.7. The van der Waals surface area contributed by atoms with Gasteiger partial charge in [0.25, 0.3) is 0 Å². The highest BCUT2D eigenvalue weighted by Crippen LogP contribution is 2.26.